The Bertz CT molecular complexity index is 918. The highest BCUT2D eigenvalue weighted by molar-refractivity contribution is 7.92. The maximum Gasteiger partial charge on any atom is 0.229 e. The van der Waals surface area contributed by atoms with Crippen molar-refractivity contribution in [3.05, 3.63) is 40.5 Å². The van der Waals surface area contributed by atoms with Crippen molar-refractivity contribution in [1.82, 2.24) is 9.97 Å². The zero-order chi connectivity index (χ0) is 19.6. The molecule has 1 aromatic heterocycles. The minimum absolute atomic E-state index is 0.201. The Morgan fingerprint density at radius 2 is 2.11 bits per heavy atom. The molecule has 146 valence electrons. The van der Waals surface area contributed by atoms with Crippen LogP contribution < -0.4 is 15.4 Å². The Balaban J connectivity index is 2.04. The Morgan fingerprint density at radius 1 is 1.33 bits per heavy atom. The molecule has 0 spiro atoms. The van der Waals surface area contributed by atoms with E-state index in [2.05, 4.69) is 19.6 Å². The second-order valence-electron chi connectivity index (χ2n) is 6.47. The van der Waals surface area contributed by atoms with E-state index >= 15 is 0 Å². The number of hydrogen-bond acceptors (Lipinski definition) is 7. The van der Waals surface area contributed by atoms with E-state index in [1.54, 1.807) is 18.2 Å². The van der Waals surface area contributed by atoms with E-state index in [0.717, 1.165) is 23.9 Å². The van der Waals surface area contributed by atoms with Gasteiger partial charge in [-0.15, -0.1) is 0 Å². The smallest absolute Gasteiger partial charge is 0.229 e. The number of nitrogens with two attached hydrogens (primary N) is 1. The zero-order valence-electron chi connectivity index (χ0n) is 15.1. The normalized spacial score (nSPS) is 18.2. The molecule has 0 amide bonds. The quantitative estimate of drug-likeness (QED) is 0.794. The van der Waals surface area contributed by atoms with Gasteiger partial charge in [0, 0.05) is 35.6 Å². The van der Waals surface area contributed by atoms with Crippen LogP contribution in [0.15, 0.2) is 24.3 Å². The highest BCUT2D eigenvalue weighted by Crippen LogP contribution is 2.34. The average Bonchev–Trinajstić information content (AvgIpc) is 2.80. The molecular formula is C17H22ClN5O3S. The Hall–Kier alpha value is -2.10. The molecule has 1 aliphatic heterocycles. The van der Waals surface area contributed by atoms with Crippen LogP contribution in [0.25, 0.3) is 0 Å². The topological polar surface area (TPSA) is 110 Å². The lowest BCUT2D eigenvalue weighted by Crippen LogP contribution is -2.32. The van der Waals surface area contributed by atoms with Gasteiger partial charge in [0.25, 0.3) is 0 Å². The first kappa shape index (κ1) is 19.7. The molecule has 0 aliphatic carbocycles. The molecule has 27 heavy (non-hydrogen) atoms. The Morgan fingerprint density at radius 3 is 2.81 bits per heavy atom. The van der Waals surface area contributed by atoms with Crippen LogP contribution in [0, 0.1) is 6.92 Å². The van der Waals surface area contributed by atoms with Crippen molar-refractivity contribution >= 4 is 39.1 Å². The molecule has 1 aromatic carbocycles. The van der Waals surface area contributed by atoms with Gasteiger partial charge in [-0.25, -0.2) is 13.4 Å². The van der Waals surface area contributed by atoms with Gasteiger partial charge in [-0.1, -0.05) is 11.6 Å². The van der Waals surface area contributed by atoms with Gasteiger partial charge >= 0.3 is 0 Å². The summed E-state index contributed by atoms with van der Waals surface area (Å²) in [6, 6.07) is 6.65. The highest BCUT2D eigenvalue weighted by Gasteiger charge is 2.27. The molecule has 2 aromatic rings. The molecule has 0 unspecified atom stereocenters. The van der Waals surface area contributed by atoms with E-state index in [4.69, 9.17) is 22.1 Å². The number of halogens is 1. The maximum absolute atomic E-state index is 11.6. The number of benzene rings is 1. The van der Waals surface area contributed by atoms with Gasteiger partial charge in [-0.05, 0) is 37.1 Å². The predicted octanol–water partition coefficient (Wildman–Crippen LogP) is 2.36. The summed E-state index contributed by atoms with van der Waals surface area (Å²) in [6.45, 7) is 3.56. The fourth-order valence-electron chi connectivity index (χ4n) is 3.11. The summed E-state index contributed by atoms with van der Waals surface area (Å²) in [4.78, 5) is 10.6. The summed E-state index contributed by atoms with van der Waals surface area (Å²) in [5.41, 5.74) is 7.79. The van der Waals surface area contributed by atoms with E-state index in [9.17, 15) is 8.42 Å². The van der Waals surface area contributed by atoms with E-state index in [0.29, 0.717) is 36.3 Å². The van der Waals surface area contributed by atoms with Gasteiger partial charge in [0.05, 0.1) is 18.9 Å². The standard InChI is InChI=1S/C17H22ClN5O3S/c1-11-8-16(21-17(19)20-11)23-6-3-7-26-10-15(23)13-9-12(4-5-14(13)18)22-27(2,24)25/h4-5,8-9,15,22H,3,6-7,10H2,1-2H3,(H2,19,20,21)/t15-/m1/s1. The van der Waals surface area contributed by atoms with Crippen molar-refractivity contribution in [2.45, 2.75) is 19.4 Å². The third-order valence-corrected chi connectivity index (χ3v) is 5.10. The minimum Gasteiger partial charge on any atom is -0.379 e. The first-order valence-corrected chi connectivity index (χ1v) is 10.7. The molecule has 0 bridgehead atoms. The molecule has 0 radical (unpaired) electrons. The van der Waals surface area contributed by atoms with Crippen molar-refractivity contribution in [2.24, 2.45) is 0 Å². The largest absolute Gasteiger partial charge is 0.379 e. The number of hydrogen-bond donors (Lipinski definition) is 2. The van der Waals surface area contributed by atoms with Gasteiger partial charge in [0.15, 0.2) is 0 Å². The lowest BCUT2D eigenvalue weighted by molar-refractivity contribution is 0.134. The number of nitrogens with one attached hydrogen (secondary N) is 1. The first-order valence-electron chi connectivity index (χ1n) is 8.46. The van der Waals surface area contributed by atoms with Crippen LogP contribution in [0.2, 0.25) is 5.02 Å². The van der Waals surface area contributed by atoms with Crippen LogP contribution in [0.4, 0.5) is 17.5 Å². The molecule has 3 rings (SSSR count). The van der Waals surface area contributed by atoms with Crippen LogP contribution in [0.3, 0.4) is 0 Å². The number of nitrogen functional groups attached to an aromatic ring is 1. The minimum atomic E-state index is -3.40. The number of anilines is 3. The molecule has 0 saturated carbocycles. The van der Waals surface area contributed by atoms with Crippen molar-refractivity contribution < 1.29 is 13.2 Å². The summed E-state index contributed by atoms with van der Waals surface area (Å²) < 4.78 is 31.4. The summed E-state index contributed by atoms with van der Waals surface area (Å²) in [7, 11) is -3.40. The first-order chi connectivity index (χ1) is 12.7. The molecule has 1 aliphatic rings. The van der Waals surface area contributed by atoms with Crippen LogP contribution >= 0.6 is 11.6 Å². The average molecular weight is 412 g/mol. The molecular weight excluding hydrogens is 390 g/mol. The monoisotopic (exact) mass is 411 g/mol. The van der Waals surface area contributed by atoms with Crippen molar-refractivity contribution in [3.8, 4) is 0 Å². The lowest BCUT2D eigenvalue weighted by Gasteiger charge is -2.31. The maximum atomic E-state index is 11.6. The summed E-state index contributed by atoms with van der Waals surface area (Å²) in [5, 5.41) is 0.522. The van der Waals surface area contributed by atoms with Crippen LogP contribution in [-0.2, 0) is 14.8 Å². The van der Waals surface area contributed by atoms with Crippen molar-refractivity contribution in [2.75, 3.05) is 41.4 Å². The van der Waals surface area contributed by atoms with Crippen molar-refractivity contribution in [3.63, 3.8) is 0 Å². The second-order valence-corrected chi connectivity index (χ2v) is 8.63. The van der Waals surface area contributed by atoms with E-state index in [-0.39, 0.29) is 12.0 Å². The molecule has 1 fully saturated rings. The van der Waals surface area contributed by atoms with Gasteiger partial charge in [-0.3, -0.25) is 4.72 Å². The summed E-state index contributed by atoms with van der Waals surface area (Å²) >= 11 is 6.45. The molecule has 1 atom stereocenters. The Kier molecular flexibility index (Phi) is 5.73. The SMILES string of the molecule is Cc1cc(N2CCCOC[C@@H]2c2cc(NS(C)(=O)=O)ccc2Cl)nc(N)n1. The predicted molar refractivity (Wildman–Crippen MR) is 107 cm³/mol. The van der Waals surface area contributed by atoms with Crippen molar-refractivity contribution in [1.29, 1.82) is 0 Å². The number of aromatic nitrogens is 2. The van der Waals surface area contributed by atoms with Gasteiger partial charge in [-0.2, -0.15) is 4.98 Å². The van der Waals surface area contributed by atoms with Gasteiger partial charge in [0.1, 0.15) is 5.82 Å². The molecule has 2 heterocycles. The summed E-state index contributed by atoms with van der Waals surface area (Å²) in [6.07, 6.45) is 1.92. The van der Waals surface area contributed by atoms with E-state index < -0.39 is 10.0 Å². The van der Waals surface area contributed by atoms with E-state index in [1.165, 1.54) is 0 Å². The third-order valence-electron chi connectivity index (χ3n) is 4.15. The molecule has 1 saturated heterocycles. The molecule has 10 heteroatoms. The second kappa shape index (κ2) is 7.87. The lowest BCUT2D eigenvalue weighted by atomic mass is 10.0. The third kappa shape index (κ3) is 5.00. The van der Waals surface area contributed by atoms with Gasteiger partial charge in [0.2, 0.25) is 16.0 Å². The fourth-order valence-corrected chi connectivity index (χ4v) is 3.91. The van der Waals surface area contributed by atoms with Crippen LogP contribution in [0.1, 0.15) is 23.7 Å². The number of nitrogens with zero attached hydrogens (tertiary/aromatic N) is 3. The zero-order valence-corrected chi connectivity index (χ0v) is 16.7. The molecule has 8 nitrogen and oxygen atoms in total. The number of sulfonamides is 1. The van der Waals surface area contributed by atoms with Gasteiger partial charge < -0.3 is 15.4 Å². The number of ether oxygens (including phenoxy) is 1. The number of aryl methyl sites for hydroxylation is 1. The van der Waals surface area contributed by atoms with Crippen LogP contribution in [-0.4, -0.2) is 44.4 Å². The Labute approximate surface area is 163 Å². The fraction of sp³-hybridized carbons (Fsp3) is 0.412. The molecule has 3 N–H and O–H groups in total. The van der Waals surface area contributed by atoms with E-state index in [1.807, 2.05) is 13.0 Å². The highest BCUT2D eigenvalue weighted by atomic mass is 35.5. The summed E-state index contributed by atoms with van der Waals surface area (Å²) in [5.74, 6) is 0.889. The number of rotatable bonds is 4. The van der Waals surface area contributed by atoms with Crippen LogP contribution in [0.5, 0.6) is 0 Å².